The zero-order valence-corrected chi connectivity index (χ0v) is 13.5. The number of rotatable bonds is 5. The third kappa shape index (κ3) is 3.61. The maximum Gasteiger partial charge on any atom is 0.418 e. The second kappa shape index (κ2) is 7.03. The SMILES string of the molecule is O=C(O)c1cnc2c(C(F)(F)F)cccc2c1NCCc1ccccc1. The highest BCUT2D eigenvalue weighted by Crippen LogP contribution is 2.36. The van der Waals surface area contributed by atoms with Gasteiger partial charge in [0.05, 0.1) is 16.8 Å². The molecule has 2 N–H and O–H groups in total. The standard InChI is InChI=1S/C19H15F3N2O2/c20-19(21,22)15-8-4-7-13-16(14(18(25)26)11-24-17(13)15)23-10-9-12-5-2-1-3-6-12/h1-8,11H,9-10H2,(H,23,24)(H,25,26). The molecule has 26 heavy (non-hydrogen) atoms. The van der Waals surface area contributed by atoms with Crippen LogP contribution in [-0.2, 0) is 12.6 Å². The highest BCUT2D eigenvalue weighted by Gasteiger charge is 2.33. The maximum absolute atomic E-state index is 13.2. The lowest BCUT2D eigenvalue weighted by Crippen LogP contribution is -2.12. The van der Waals surface area contributed by atoms with Gasteiger partial charge in [0.1, 0.15) is 5.56 Å². The summed E-state index contributed by atoms with van der Waals surface area (Å²) >= 11 is 0. The smallest absolute Gasteiger partial charge is 0.418 e. The summed E-state index contributed by atoms with van der Waals surface area (Å²) in [5.74, 6) is -1.25. The number of carboxylic acid groups (broad SMARTS) is 1. The number of anilines is 1. The molecule has 0 atom stereocenters. The molecule has 3 aromatic rings. The van der Waals surface area contributed by atoms with Crippen LogP contribution in [-0.4, -0.2) is 22.6 Å². The van der Waals surface area contributed by atoms with Gasteiger partial charge in [0, 0.05) is 18.1 Å². The first-order valence-corrected chi connectivity index (χ1v) is 7.88. The van der Waals surface area contributed by atoms with Crippen molar-refractivity contribution in [3.05, 3.63) is 71.4 Å². The van der Waals surface area contributed by atoms with Crippen molar-refractivity contribution in [1.82, 2.24) is 4.98 Å². The maximum atomic E-state index is 13.2. The van der Waals surface area contributed by atoms with Gasteiger partial charge in [0.25, 0.3) is 0 Å². The Bertz CT molecular complexity index is 941. The van der Waals surface area contributed by atoms with Gasteiger partial charge in [-0.3, -0.25) is 4.98 Å². The first-order valence-electron chi connectivity index (χ1n) is 7.88. The summed E-state index contributed by atoms with van der Waals surface area (Å²) in [6.45, 7) is 0.375. The summed E-state index contributed by atoms with van der Waals surface area (Å²) in [5.41, 5.74) is -0.147. The third-order valence-corrected chi connectivity index (χ3v) is 3.99. The fourth-order valence-electron chi connectivity index (χ4n) is 2.78. The zero-order valence-electron chi connectivity index (χ0n) is 13.5. The molecule has 7 heteroatoms. The topological polar surface area (TPSA) is 62.2 Å². The fourth-order valence-corrected chi connectivity index (χ4v) is 2.78. The number of hydrogen-bond donors (Lipinski definition) is 2. The molecule has 134 valence electrons. The van der Waals surface area contributed by atoms with Crippen molar-refractivity contribution in [2.24, 2.45) is 0 Å². The van der Waals surface area contributed by atoms with Crippen LogP contribution in [0.4, 0.5) is 18.9 Å². The summed E-state index contributed by atoms with van der Waals surface area (Å²) in [6, 6.07) is 13.1. The molecule has 1 aromatic heterocycles. The van der Waals surface area contributed by atoms with E-state index in [0.717, 1.165) is 17.8 Å². The number of aromatic carboxylic acids is 1. The van der Waals surface area contributed by atoms with Crippen molar-refractivity contribution < 1.29 is 23.1 Å². The van der Waals surface area contributed by atoms with Crippen molar-refractivity contribution in [2.75, 3.05) is 11.9 Å². The Morgan fingerprint density at radius 2 is 1.81 bits per heavy atom. The van der Waals surface area contributed by atoms with Gasteiger partial charge in [-0.1, -0.05) is 42.5 Å². The highest BCUT2D eigenvalue weighted by atomic mass is 19.4. The second-order valence-corrected chi connectivity index (χ2v) is 5.71. The van der Waals surface area contributed by atoms with Gasteiger partial charge in [-0.15, -0.1) is 0 Å². The summed E-state index contributed by atoms with van der Waals surface area (Å²) < 4.78 is 39.6. The predicted molar refractivity (Wildman–Crippen MR) is 92.3 cm³/mol. The van der Waals surface area contributed by atoms with E-state index in [4.69, 9.17) is 0 Å². The Labute approximate surface area is 147 Å². The predicted octanol–water partition coefficient (Wildman–Crippen LogP) is 4.61. The van der Waals surface area contributed by atoms with Crippen LogP contribution in [0.15, 0.2) is 54.7 Å². The molecule has 0 saturated carbocycles. The van der Waals surface area contributed by atoms with Crippen molar-refractivity contribution in [3.8, 4) is 0 Å². The van der Waals surface area contributed by atoms with Gasteiger partial charge in [-0.05, 0) is 18.1 Å². The van der Waals surface area contributed by atoms with Crippen LogP contribution in [0, 0.1) is 0 Å². The van der Waals surface area contributed by atoms with E-state index in [-0.39, 0.29) is 22.2 Å². The molecular formula is C19H15F3N2O2. The van der Waals surface area contributed by atoms with E-state index in [0.29, 0.717) is 13.0 Å². The molecule has 1 heterocycles. The number of para-hydroxylation sites is 1. The molecule has 0 aliphatic carbocycles. The Balaban J connectivity index is 2.00. The van der Waals surface area contributed by atoms with E-state index in [1.54, 1.807) is 0 Å². The van der Waals surface area contributed by atoms with Gasteiger partial charge >= 0.3 is 12.1 Å². The summed E-state index contributed by atoms with van der Waals surface area (Å²) in [6.07, 6.45) is -3.01. The van der Waals surface area contributed by atoms with Crippen molar-refractivity contribution in [2.45, 2.75) is 12.6 Å². The van der Waals surface area contributed by atoms with Crippen LogP contribution in [0.3, 0.4) is 0 Å². The normalized spacial score (nSPS) is 11.5. The van der Waals surface area contributed by atoms with Gasteiger partial charge < -0.3 is 10.4 Å². The lowest BCUT2D eigenvalue weighted by molar-refractivity contribution is -0.136. The van der Waals surface area contributed by atoms with E-state index in [1.807, 2.05) is 30.3 Å². The molecule has 0 unspecified atom stereocenters. The third-order valence-electron chi connectivity index (χ3n) is 3.99. The highest BCUT2D eigenvalue weighted by molar-refractivity contribution is 6.05. The van der Waals surface area contributed by atoms with Crippen LogP contribution in [0.25, 0.3) is 10.9 Å². The number of alkyl halides is 3. The second-order valence-electron chi connectivity index (χ2n) is 5.71. The average Bonchev–Trinajstić information content (AvgIpc) is 2.61. The van der Waals surface area contributed by atoms with Crippen LogP contribution >= 0.6 is 0 Å². The minimum absolute atomic E-state index is 0.132. The molecule has 3 rings (SSSR count). The molecular weight excluding hydrogens is 345 g/mol. The first-order chi connectivity index (χ1) is 12.4. The molecule has 0 aliphatic rings. The molecule has 0 bridgehead atoms. The minimum Gasteiger partial charge on any atom is -0.478 e. The number of carbonyl (C=O) groups is 1. The number of pyridine rings is 1. The molecule has 0 spiro atoms. The van der Waals surface area contributed by atoms with Gasteiger partial charge in [-0.25, -0.2) is 4.79 Å². The van der Waals surface area contributed by atoms with E-state index in [1.165, 1.54) is 12.1 Å². The van der Waals surface area contributed by atoms with E-state index < -0.39 is 17.7 Å². The number of aromatic nitrogens is 1. The molecule has 0 saturated heterocycles. The lowest BCUT2D eigenvalue weighted by Gasteiger charge is -2.15. The molecule has 0 amide bonds. The van der Waals surface area contributed by atoms with Gasteiger partial charge in [-0.2, -0.15) is 13.2 Å². The Hall–Kier alpha value is -3.09. The fraction of sp³-hybridized carbons (Fsp3) is 0.158. The number of carboxylic acids is 1. The summed E-state index contributed by atoms with van der Waals surface area (Å²) in [5, 5.41) is 12.5. The molecule has 4 nitrogen and oxygen atoms in total. The van der Waals surface area contributed by atoms with Crippen LogP contribution in [0.2, 0.25) is 0 Å². The Kier molecular flexibility index (Phi) is 4.79. The number of hydrogen-bond acceptors (Lipinski definition) is 3. The number of nitrogens with zero attached hydrogens (tertiary/aromatic N) is 1. The molecule has 0 aliphatic heterocycles. The van der Waals surface area contributed by atoms with Crippen molar-refractivity contribution in [3.63, 3.8) is 0 Å². The largest absolute Gasteiger partial charge is 0.478 e. The first kappa shape index (κ1) is 17.7. The number of benzene rings is 2. The van der Waals surface area contributed by atoms with Crippen LogP contribution < -0.4 is 5.32 Å². The number of nitrogens with one attached hydrogen (secondary N) is 1. The Morgan fingerprint density at radius 3 is 2.46 bits per heavy atom. The van der Waals surface area contributed by atoms with E-state index in [2.05, 4.69) is 10.3 Å². The van der Waals surface area contributed by atoms with Crippen LogP contribution in [0.5, 0.6) is 0 Å². The van der Waals surface area contributed by atoms with E-state index >= 15 is 0 Å². The quantitative estimate of drug-likeness (QED) is 0.698. The van der Waals surface area contributed by atoms with Gasteiger partial charge in [0.15, 0.2) is 0 Å². The van der Waals surface area contributed by atoms with Gasteiger partial charge in [0.2, 0.25) is 0 Å². The zero-order chi connectivity index (χ0) is 18.7. The number of fused-ring (bicyclic) bond motifs is 1. The molecule has 0 radical (unpaired) electrons. The van der Waals surface area contributed by atoms with Crippen LogP contribution in [0.1, 0.15) is 21.5 Å². The number of halogens is 3. The summed E-state index contributed by atoms with van der Waals surface area (Å²) in [4.78, 5) is 15.2. The average molecular weight is 360 g/mol. The van der Waals surface area contributed by atoms with E-state index in [9.17, 15) is 23.1 Å². The molecule has 2 aromatic carbocycles. The molecule has 0 fully saturated rings. The van der Waals surface area contributed by atoms with Crippen molar-refractivity contribution >= 4 is 22.6 Å². The monoisotopic (exact) mass is 360 g/mol. The lowest BCUT2D eigenvalue weighted by atomic mass is 10.0. The Morgan fingerprint density at radius 1 is 1.08 bits per heavy atom. The minimum atomic E-state index is -4.57. The van der Waals surface area contributed by atoms with Crippen molar-refractivity contribution in [1.29, 1.82) is 0 Å². The summed E-state index contributed by atoms with van der Waals surface area (Å²) in [7, 11) is 0.